The summed E-state index contributed by atoms with van der Waals surface area (Å²) in [6.07, 6.45) is 1.04. The molecular formula is C16H27ClN4. The number of rotatable bonds is 4. The summed E-state index contributed by atoms with van der Waals surface area (Å²) in [5, 5.41) is 4.60. The van der Waals surface area contributed by atoms with Gasteiger partial charge in [-0.25, -0.2) is 9.67 Å². The Kier molecular flexibility index (Phi) is 4.13. The fourth-order valence-corrected chi connectivity index (χ4v) is 3.72. The number of aryl methyl sites for hydroxylation is 2. The molecule has 0 amide bonds. The van der Waals surface area contributed by atoms with E-state index in [2.05, 4.69) is 51.2 Å². The number of halogens is 1. The summed E-state index contributed by atoms with van der Waals surface area (Å²) < 4.78 is 4.34. The smallest absolute Gasteiger partial charge is 0.159 e. The first kappa shape index (κ1) is 16.3. The van der Waals surface area contributed by atoms with Crippen LogP contribution in [-0.2, 0) is 18.0 Å². The maximum absolute atomic E-state index is 6.17. The Morgan fingerprint density at radius 3 is 2.24 bits per heavy atom. The van der Waals surface area contributed by atoms with E-state index in [4.69, 9.17) is 16.6 Å². The first-order valence-corrected chi connectivity index (χ1v) is 8.15. The monoisotopic (exact) mass is 310 g/mol. The van der Waals surface area contributed by atoms with Gasteiger partial charge in [0, 0.05) is 12.1 Å². The van der Waals surface area contributed by atoms with E-state index >= 15 is 0 Å². The van der Waals surface area contributed by atoms with Crippen molar-refractivity contribution >= 4 is 22.8 Å². The minimum absolute atomic E-state index is 0.0589. The van der Waals surface area contributed by atoms with Gasteiger partial charge in [0.05, 0.1) is 11.6 Å². The van der Waals surface area contributed by atoms with Crippen molar-refractivity contribution in [3.8, 4) is 0 Å². The highest BCUT2D eigenvalue weighted by atomic mass is 35.5. The zero-order valence-corrected chi connectivity index (χ0v) is 15.0. The molecule has 0 aliphatic carbocycles. The average molecular weight is 311 g/mol. The van der Waals surface area contributed by atoms with Crippen molar-refractivity contribution in [1.29, 1.82) is 0 Å². The first-order chi connectivity index (χ1) is 9.60. The molecule has 21 heavy (non-hydrogen) atoms. The Hall–Kier alpha value is -1.03. The van der Waals surface area contributed by atoms with Gasteiger partial charge in [-0.1, -0.05) is 20.8 Å². The van der Waals surface area contributed by atoms with Crippen molar-refractivity contribution in [1.82, 2.24) is 19.3 Å². The lowest BCUT2D eigenvalue weighted by Gasteiger charge is -2.35. The van der Waals surface area contributed by atoms with E-state index < -0.39 is 0 Å². The molecule has 0 aromatic carbocycles. The van der Waals surface area contributed by atoms with Gasteiger partial charge in [-0.15, -0.1) is 11.6 Å². The minimum atomic E-state index is -0.0589. The zero-order valence-electron chi connectivity index (χ0n) is 14.3. The van der Waals surface area contributed by atoms with Crippen LogP contribution in [-0.4, -0.2) is 19.3 Å². The molecule has 0 aliphatic heterocycles. The van der Waals surface area contributed by atoms with Crippen LogP contribution >= 0.6 is 11.6 Å². The topological polar surface area (TPSA) is 35.6 Å². The van der Waals surface area contributed by atoms with E-state index in [0.717, 1.165) is 35.6 Å². The van der Waals surface area contributed by atoms with Gasteiger partial charge in [0.15, 0.2) is 5.65 Å². The lowest BCUT2D eigenvalue weighted by atomic mass is 9.81. The Morgan fingerprint density at radius 2 is 1.76 bits per heavy atom. The molecule has 0 spiro atoms. The number of fused-ring (bicyclic) bond motifs is 1. The molecule has 0 saturated carbocycles. The van der Waals surface area contributed by atoms with Crippen molar-refractivity contribution in [2.75, 3.05) is 0 Å². The molecule has 2 heterocycles. The zero-order chi connectivity index (χ0) is 16.0. The van der Waals surface area contributed by atoms with Crippen LogP contribution in [0.2, 0.25) is 0 Å². The predicted molar refractivity (Wildman–Crippen MR) is 88.9 cm³/mol. The molecule has 0 N–H and O–H groups in total. The standard InChI is InChI=1S/C16H27ClN4/c1-8-20-14-13(11(2)19-20)18-12(9-17)21(14)16(6,7)10-15(3,4)5/h8-10H2,1-7H3. The van der Waals surface area contributed by atoms with E-state index in [1.54, 1.807) is 0 Å². The largest absolute Gasteiger partial charge is 0.306 e. The van der Waals surface area contributed by atoms with Crippen LogP contribution in [0.1, 0.15) is 59.5 Å². The van der Waals surface area contributed by atoms with Crippen LogP contribution < -0.4 is 0 Å². The summed E-state index contributed by atoms with van der Waals surface area (Å²) in [7, 11) is 0. The van der Waals surface area contributed by atoms with Crippen LogP contribution in [0.5, 0.6) is 0 Å². The summed E-state index contributed by atoms with van der Waals surface area (Å²) in [5.74, 6) is 1.36. The fraction of sp³-hybridized carbons (Fsp3) is 0.750. The SMILES string of the molecule is CCn1nc(C)c2nc(CCl)n(C(C)(C)CC(C)(C)C)c21. The van der Waals surface area contributed by atoms with E-state index in [9.17, 15) is 0 Å². The van der Waals surface area contributed by atoms with Gasteiger partial charge < -0.3 is 4.57 Å². The highest BCUT2D eigenvalue weighted by Crippen LogP contribution is 2.36. The molecule has 2 aromatic heterocycles. The van der Waals surface area contributed by atoms with Crippen molar-refractivity contribution in [2.45, 2.75) is 72.9 Å². The van der Waals surface area contributed by atoms with Crippen LogP contribution in [0.15, 0.2) is 0 Å². The third kappa shape index (κ3) is 2.96. The lowest BCUT2D eigenvalue weighted by Crippen LogP contribution is -2.33. The lowest BCUT2D eigenvalue weighted by molar-refractivity contribution is 0.214. The third-order valence-corrected chi connectivity index (χ3v) is 4.01. The van der Waals surface area contributed by atoms with Gasteiger partial charge in [-0.05, 0) is 39.5 Å². The van der Waals surface area contributed by atoms with Crippen molar-refractivity contribution in [3.63, 3.8) is 0 Å². The molecule has 5 heteroatoms. The summed E-state index contributed by atoms with van der Waals surface area (Å²) in [5.41, 5.74) is 3.23. The summed E-state index contributed by atoms with van der Waals surface area (Å²) in [4.78, 5) is 4.74. The molecule has 0 aliphatic rings. The van der Waals surface area contributed by atoms with Crippen LogP contribution in [0.4, 0.5) is 0 Å². The van der Waals surface area contributed by atoms with Crippen molar-refractivity contribution in [3.05, 3.63) is 11.5 Å². The quantitative estimate of drug-likeness (QED) is 0.781. The first-order valence-electron chi connectivity index (χ1n) is 7.62. The summed E-state index contributed by atoms with van der Waals surface area (Å²) in [6, 6.07) is 0. The second-order valence-corrected chi connectivity index (χ2v) is 7.89. The number of hydrogen-bond donors (Lipinski definition) is 0. The number of aromatic nitrogens is 4. The van der Waals surface area contributed by atoms with E-state index in [-0.39, 0.29) is 11.0 Å². The van der Waals surface area contributed by atoms with Gasteiger partial charge in [-0.3, -0.25) is 0 Å². The minimum Gasteiger partial charge on any atom is -0.306 e. The van der Waals surface area contributed by atoms with Crippen molar-refractivity contribution < 1.29 is 0 Å². The van der Waals surface area contributed by atoms with Gasteiger partial charge in [0.25, 0.3) is 0 Å². The molecular weight excluding hydrogens is 284 g/mol. The molecule has 0 unspecified atom stereocenters. The molecule has 0 radical (unpaired) electrons. The molecule has 0 bridgehead atoms. The summed E-state index contributed by atoms with van der Waals surface area (Å²) in [6.45, 7) is 16.3. The molecule has 0 saturated heterocycles. The molecule has 118 valence electrons. The van der Waals surface area contributed by atoms with Gasteiger partial charge in [-0.2, -0.15) is 5.10 Å². The molecule has 2 aromatic rings. The molecule has 0 fully saturated rings. The van der Waals surface area contributed by atoms with E-state index in [1.807, 2.05) is 11.6 Å². The third-order valence-electron chi connectivity index (χ3n) is 3.77. The second kappa shape index (κ2) is 5.31. The molecule has 2 rings (SSSR count). The Balaban J connectivity index is 2.71. The number of alkyl halides is 1. The second-order valence-electron chi connectivity index (χ2n) is 7.62. The van der Waals surface area contributed by atoms with E-state index in [1.165, 1.54) is 0 Å². The Bertz CT molecular complexity index is 643. The fourth-order valence-electron chi connectivity index (χ4n) is 3.54. The predicted octanol–water partition coefficient (Wildman–Crippen LogP) is 4.47. The Labute approximate surface area is 132 Å². The van der Waals surface area contributed by atoms with Crippen LogP contribution in [0, 0.1) is 12.3 Å². The van der Waals surface area contributed by atoms with Gasteiger partial charge >= 0.3 is 0 Å². The number of nitrogens with zero attached hydrogens (tertiary/aromatic N) is 4. The van der Waals surface area contributed by atoms with Gasteiger partial charge in [0.1, 0.15) is 11.3 Å². The average Bonchev–Trinajstić information content (AvgIpc) is 2.84. The maximum Gasteiger partial charge on any atom is 0.159 e. The molecule has 0 atom stereocenters. The number of hydrogen-bond acceptors (Lipinski definition) is 2. The van der Waals surface area contributed by atoms with Gasteiger partial charge in [0.2, 0.25) is 0 Å². The van der Waals surface area contributed by atoms with Crippen LogP contribution in [0.25, 0.3) is 11.2 Å². The van der Waals surface area contributed by atoms with Crippen molar-refractivity contribution in [2.24, 2.45) is 5.41 Å². The summed E-state index contributed by atoms with van der Waals surface area (Å²) >= 11 is 6.17. The van der Waals surface area contributed by atoms with E-state index in [0.29, 0.717) is 5.88 Å². The number of imidazole rings is 1. The highest BCUT2D eigenvalue weighted by molar-refractivity contribution is 6.16. The van der Waals surface area contributed by atoms with Crippen LogP contribution in [0.3, 0.4) is 0 Å². The normalized spacial score (nSPS) is 13.3. The highest BCUT2D eigenvalue weighted by Gasteiger charge is 2.32. The maximum atomic E-state index is 6.17. The Morgan fingerprint density at radius 1 is 1.14 bits per heavy atom. The molecule has 4 nitrogen and oxygen atoms in total.